The van der Waals surface area contributed by atoms with Crippen molar-refractivity contribution in [2.75, 3.05) is 0 Å². The summed E-state index contributed by atoms with van der Waals surface area (Å²) in [4.78, 5) is 15.7. The van der Waals surface area contributed by atoms with Crippen LogP contribution in [0.2, 0.25) is 0 Å². The molecular weight excluding hydrogens is 219 g/mol. The molecule has 17 heavy (non-hydrogen) atoms. The topological polar surface area (TPSA) is 42.0 Å². The number of hydrogen-bond acceptors (Lipinski definition) is 2. The maximum Gasteiger partial charge on any atom is 0.254 e. The molecule has 0 aliphatic heterocycles. The van der Waals surface area contributed by atoms with Crippen molar-refractivity contribution in [3.8, 4) is 0 Å². The predicted octanol–water partition coefficient (Wildman–Crippen LogP) is 2.15. The van der Waals surface area contributed by atoms with Crippen LogP contribution in [0.3, 0.4) is 0 Å². The zero-order chi connectivity index (χ0) is 12.1. The van der Waals surface area contributed by atoms with Gasteiger partial charge in [-0.2, -0.15) is 0 Å². The molecule has 0 saturated heterocycles. The van der Waals surface area contributed by atoms with Crippen molar-refractivity contribution < 1.29 is 9.18 Å². The summed E-state index contributed by atoms with van der Waals surface area (Å²) in [5, 5.41) is 2.61. The van der Waals surface area contributed by atoms with E-state index in [9.17, 15) is 9.18 Å². The maximum atomic E-state index is 13.3. The highest BCUT2D eigenvalue weighted by Gasteiger charge is 2.09. The SMILES string of the molecule is O=C(NCc1ccccn1)c1ccccc1F. The molecule has 0 atom stereocenters. The Morgan fingerprint density at radius 1 is 1.18 bits per heavy atom. The van der Waals surface area contributed by atoms with Crippen LogP contribution in [0.4, 0.5) is 4.39 Å². The number of pyridine rings is 1. The monoisotopic (exact) mass is 230 g/mol. The molecular formula is C13H11FN2O. The standard InChI is InChI=1S/C13H11FN2O/c14-12-7-2-1-6-11(12)13(17)16-9-10-5-3-4-8-15-10/h1-8H,9H2,(H,16,17). The van der Waals surface area contributed by atoms with Crippen LogP contribution >= 0.6 is 0 Å². The minimum absolute atomic E-state index is 0.0448. The second-order valence-electron chi connectivity index (χ2n) is 3.48. The van der Waals surface area contributed by atoms with Gasteiger partial charge in [0.1, 0.15) is 5.82 Å². The number of rotatable bonds is 3. The van der Waals surface area contributed by atoms with Gasteiger partial charge in [-0.15, -0.1) is 0 Å². The average molecular weight is 230 g/mol. The first-order valence-electron chi connectivity index (χ1n) is 5.20. The lowest BCUT2D eigenvalue weighted by Crippen LogP contribution is -2.24. The van der Waals surface area contributed by atoms with Crippen molar-refractivity contribution in [1.82, 2.24) is 10.3 Å². The van der Waals surface area contributed by atoms with E-state index >= 15 is 0 Å². The van der Waals surface area contributed by atoms with Crippen LogP contribution in [0.5, 0.6) is 0 Å². The summed E-state index contributed by atoms with van der Waals surface area (Å²) >= 11 is 0. The molecule has 1 aromatic carbocycles. The molecule has 0 spiro atoms. The fourth-order valence-corrected chi connectivity index (χ4v) is 1.41. The molecule has 86 valence electrons. The molecule has 4 heteroatoms. The number of hydrogen-bond donors (Lipinski definition) is 1. The van der Waals surface area contributed by atoms with Gasteiger partial charge >= 0.3 is 0 Å². The largest absolute Gasteiger partial charge is 0.346 e. The first-order valence-corrected chi connectivity index (χ1v) is 5.20. The van der Waals surface area contributed by atoms with Crippen LogP contribution in [0.15, 0.2) is 48.7 Å². The Morgan fingerprint density at radius 3 is 2.65 bits per heavy atom. The zero-order valence-electron chi connectivity index (χ0n) is 9.06. The van der Waals surface area contributed by atoms with E-state index in [1.165, 1.54) is 12.1 Å². The van der Waals surface area contributed by atoms with Crippen molar-refractivity contribution in [3.63, 3.8) is 0 Å². The van der Waals surface area contributed by atoms with Gasteiger partial charge in [0.15, 0.2) is 0 Å². The highest BCUT2D eigenvalue weighted by Crippen LogP contribution is 2.06. The normalized spacial score (nSPS) is 9.94. The summed E-state index contributed by atoms with van der Waals surface area (Å²) in [6.07, 6.45) is 1.64. The van der Waals surface area contributed by atoms with Crippen molar-refractivity contribution in [2.45, 2.75) is 6.54 Å². The Bertz CT molecular complexity index is 514. The van der Waals surface area contributed by atoms with Gasteiger partial charge in [0.05, 0.1) is 17.8 Å². The number of halogens is 1. The van der Waals surface area contributed by atoms with E-state index < -0.39 is 11.7 Å². The third kappa shape index (κ3) is 2.87. The molecule has 0 aliphatic carbocycles. The van der Waals surface area contributed by atoms with E-state index in [1.54, 1.807) is 30.5 Å². The predicted molar refractivity (Wildman–Crippen MR) is 61.8 cm³/mol. The third-order valence-corrected chi connectivity index (χ3v) is 2.27. The van der Waals surface area contributed by atoms with Gasteiger partial charge in [-0.25, -0.2) is 4.39 Å². The molecule has 0 fully saturated rings. The van der Waals surface area contributed by atoms with Crippen LogP contribution < -0.4 is 5.32 Å². The Balaban J connectivity index is 2.01. The molecule has 2 aromatic rings. The zero-order valence-corrected chi connectivity index (χ0v) is 9.06. The number of amides is 1. The van der Waals surface area contributed by atoms with Gasteiger partial charge < -0.3 is 5.32 Å². The van der Waals surface area contributed by atoms with E-state index in [1.807, 2.05) is 6.07 Å². The Labute approximate surface area is 98.3 Å². The van der Waals surface area contributed by atoms with E-state index in [0.29, 0.717) is 0 Å². The first kappa shape index (κ1) is 11.3. The summed E-state index contributed by atoms with van der Waals surface area (Å²) in [5.74, 6) is -0.959. The number of benzene rings is 1. The molecule has 0 bridgehead atoms. The summed E-state index contributed by atoms with van der Waals surface area (Å²) in [6, 6.07) is 11.3. The molecule has 1 N–H and O–H groups in total. The van der Waals surface area contributed by atoms with Crippen molar-refractivity contribution in [3.05, 3.63) is 65.7 Å². The van der Waals surface area contributed by atoms with Crippen molar-refractivity contribution in [2.24, 2.45) is 0 Å². The Hall–Kier alpha value is -2.23. The molecule has 1 amide bonds. The maximum absolute atomic E-state index is 13.3. The Morgan fingerprint density at radius 2 is 1.94 bits per heavy atom. The second-order valence-corrected chi connectivity index (χ2v) is 3.48. The van der Waals surface area contributed by atoms with Gasteiger partial charge in [-0.1, -0.05) is 18.2 Å². The lowest BCUT2D eigenvalue weighted by Gasteiger charge is -2.05. The quantitative estimate of drug-likeness (QED) is 0.877. The number of aromatic nitrogens is 1. The van der Waals surface area contributed by atoms with E-state index in [-0.39, 0.29) is 12.1 Å². The molecule has 0 aliphatic rings. The number of carbonyl (C=O) groups excluding carboxylic acids is 1. The highest BCUT2D eigenvalue weighted by molar-refractivity contribution is 5.94. The highest BCUT2D eigenvalue weighted by atomic mass is 19.1. The summed E-state index contributed by atoms with van der Waals surface area (Å²) in [5.41, 5.74) is 0.778. The van der Waals surface area contributed by atoms with E-state index in [2.05, 4.69) is 10.3 Å². The molecule has 0 unspecified atom stereocenters. The van der Waals surface area contributed by atoms with Crippen LogP contribution in [0.25, 0.3) is 0 Å². The lowest BCUT2D eigenvalue weighted by atomic mass is 10.2. The number of carbonyl (C=O) groups is 1. The fraction of sp³-hybridized carbons (Fsp3) is 0.0769. The number of nitrogens with one attached hydrogen (secondary N) is 1. The summed E-state index contributed by atoms with van der Waals surface area (Å²) in [7, 11) is 0. The van der Waals surface area contributed by atoms with E-state index in [4.69, 9.17) is 0 Å². The van der Waals surface area contributed by atoms with Gasteiger partial charge in [0.2, 0.25) is 0 Å². The molecule has 1 aromatic heterocycles. The van der Waals surface area contributed by atoms with E-state index in [0.717, 1.165) is 5.69 Å². The third-order valence-electron chi connectivity index (χ3n) is 2.27. The van der Waals surface area contributed by atoms with Crippen LogP contribution in [0.1, 0.15) is 16.1 Å². The van der Waals surface area contributed by atoms with Gasteiger partial charge in [-0.05, 0) is 24.3 Å². The van der Waals surface area contributed by atoms with Crippen LogP contribution in [0, 0.1) is 5.82 Å². The van der Waals surface area contributed by atoms with Crippen LogP contribution in [-0.2, 0) is 6.54 Å². The molecule has 2 rings (SSSR count). The number of nitrogens with zero attached hydrogens (tertiary/aromatic N) is 1. The summed E-state index contributed by atoms with van der Waals surface area (Å²) in [6.45, 7) is 0.286. The average Bonchev–Trinajstić information content (AvgIpc) is 2.38. The minimum atomic E-state index is -0.522. The van der Waals surface area contributed by atoms with Crippen molar-refractivity contribution in [1.29, 1.82) is 0 Å². The van der Waals surface area contributed by atoms with Gasteiger partial charge in [-0.3, -0.25) is 9.78 Å². The summed E-state index contributed by atoms with van der Waals surface area (Å²) < 4.78 is 13.3. The lowest BCUT2D eigenvalue weighted by molar-refractivity contribution is 0.0946. The van der Waals surface area contributed by atoms with Crippen molar-refractivity contribution >= 4 is 5.91 Å². The fourth-order valence-electron chi connectivity index (χ4n) is 1.41. The molecule has 0 radical (unpaired) electrons. The smallest absolute Gasteiger partial charge is 0.254 e. The van der Waals surface area contributed by atoms with Gasteiger partial charge in [0, 0.05) is 6.20 Å². The van der Waals surface area contributed by atoms with Crippen LogP contribution in [-0.4, -0.2) is 10.9 Å². The molecule has 0 saturated carbocycles. The minimum Gasteiger partial charge on any atom is -0.346 e. The first-order chi connectivity index (χ1) is 8.27. The Kier molecular flexibility index (Phi) is 3.45. The molecule has 1 heterocycles. The van der Waals surface area contributed by atoms with Gasteiger partial charge in [0.25, 0.3) is 5.91 Å². The molecule has 3 nitrogen and oxygen atoms in total. The second kappa shape index (κ2) is 5.21.